The molecule has 0 aliphatic heterocycles. The first-order chi connectivity index (χ1) is 6.66. The Morgan fingerprint density at radius 2 is 2.36 bits per heavy atom. The summed E-state index contributed by atoms with van der Waals surface area (Å²) in [7, 11) is 0. The van der Waals surface area contributed by atoms with E-state index in [0.29, 0.717) is 11.6 Å². The largest absolute Gasteiger partial charge is 0.393 e. The molecule has 0 fully saturated rings. The maximum atomic E-state index is 9.23. The zero-order chi connectivity index (χ0) is 10.1. The summed E-state index contributed by atoms with van der Waals surface area (Å²) in [6.07, 6.45) is 0.308. The highest BCUT2D eigenvalue weighted by Crippen LogP contribution is 2.21. The lowest BCUT2D eigenvalue weighted by Gasteiger charge is -2.03. The van der Waals surface area contributed by atoms with Gasteiger partial charge in [-0.15, -0.1) is 0 Å². The predicted octanol–water partition coefficient (Wildman–Crippen LogP) is 2.14. The molecule has 3 nitrogen and oxygen atoms in total. The second-order valence-corrected chi connectivity index (χ2v) is 3.82. The number of aliphatic hydroxyl groups excluding tert-OH is 1. The minimum atomic E-state index is -0.332. The van der Waals surface area contributed by atoms with Crippen molar-refractivity contribution >= 4 is 22.5 Å². The van der Waals surface area contributed by atoms with Crippen LogP contribution in [0.15, 0.2) is 18.2 Å². The van der Waals surface area contributed by atoms with Crippen molar-refractivity contribution in [1.82, 2.24) is 10.2 Å². The third-order valence-electron chi connectivity index (χ3n) is 2.10. The van der Waals surface area contributed by atoms with Gasteiger partial charge in [-0.3, -0.25) is 5.10 Å². The van der Waals surface area contributed by atoms with Crippen molar-refractivity contribution in [2.45, 2.75) is 19.4 Å². The van der Waals surface area contributed by atoms with Gasteiger partial charge in [0.1, 0.15) is 5.15 Å². The number of aliphatic hydroxyl groups is 1. The Labute approximate surface area is 86.7 Å². The van der Waals surface area contributed by atoms with E-state index >= 15 is 0 Å². The third kappa shape index (κ3) is 1.74. The van der Waals surface area contributed by atoms with E-state index in [1.54, 1.807) is 6.92 Å². The fourth-order valence-electron chi connectivity index (χ4n) is 1.49. The van der Waals surface area contributed by atoms with Crippen LogP contribution in [0.5, 0.6) is 0 Å². The summed E-state index contributed by atoms with van der Waals surface area (Å²) in [4.78, 5) is 0. The molecule has 0 amide bonds. The molecule has 1 unspecified atom stereocenters. The van der Waals surface area contributed by atoms with Crippen molar-refractivity contribution in [3.63, 3.8) is 0 Å². The lowest BCUT2D eigenvalue weighted by atomic mass is 10.1. The van der Waals surface area contributed by atoms with E-state index in [-0.39, 0.29) is 6.10 Å². The first-order valence-electron chi connectivity index (χ1n) is 4.47. The second-order valence-electron chi connectivity index (χ2n) is 3.44. The van der Waals surface area contributed by atoms with Gasteiger partial charge in [-0.2, -0.15) is 5.10 Å². The van der Waals surface area contributed by atoms with Crippen LogP contribution in [0, 0.1) is 0 Å². The molecule has 0 saturated heterocycles. The van der Waals surface area contributed by atoms with Gasteiger partial charge in [0.2, 0.25) is 0 Å². The van der Waals surface area contributed by atoms with E-state index in [2.05, 4.69) is 10.2 Å². The van der Waals surface area contributed by atoms with Gasteiger partial charge in [-0.25, -0.2) is 0 Å². The van der Waals surface area contributed by atoms with Crippen LogP contribution >= 0.6 is 11.6 Å². The van der Waals surface area contributed by atoms with Crippen LogP contribution < -0.4 is 0 Å². The van der Waals surface area contributed by atoms with Crippen LogP contribution in [0.4, 0.5) is 0 Å². The first kappa shape index (κ1) is 9.49. The summed E-state index contributed by atoms with van der Waals surface area (Å²) in [6.45, 7) is 1.77. The molecule has 0 spiro atoms. The Balaban J connectivity index is 2.42. The first-order valence-corrected chi connectivity index (χ1v) is 4.85. The molecule has 0 aliphatic carbocycles. The van der Waals surface area contributed by atoms with Crippen LogP contribution in [0.1, 0.15) is 12.5 Å². The number of aromatic amines is 1. The normalized spacial score (nSPS) is 13.4. The lowest BCUT2D eigenvalue weighted by molar-refractivity contribution is 0.195. The molecule has 0 radical (unpaired) electrons. The fraction of sp³-hybridized carbons (Fsp3) is 0.300. The minimum absolute atomic E-state index is 0.332. The highest BCUT2D eigenvalue weighted by Gasteiger charge is 2.05. The molecule has 1 atom stereocenters. The Morgan fingerprint density at radius 1 is 1.57 bits per heavy atom. The molecule has 0 bridgehead atoms. The predicted molar refractivity (Wildman–Crippen MR) is 56.5 cm³/mol. The number of benzene rings is 1. The molecular weight excluding hydrogens is 200 g/mol. The average Bonchev–Trinajstić information content (AvgIpc) is 2.46. The van der Waals surface area contributed by atoms with Crippen molar-refractivity contribution < 1.29 is 5.11 Å². The Kier molecular flexibility index (Phi) is 2.44. The molecule has 14 heavy (non-hydrogen) atoms. The van der Waals surface area contributed by atoms with Gasteiger partial charge in [-0.05, 0) is 31.0 Å². The topological polar surface area (TPSA) is 48.9 Å². The number of fused-ring (bicyclic) bond motifs is 1. The fourth-order valence-corrected chi connectivity index (χ4v) is 1.70. The zero-order valence-corrected chi connectivity index (χ0v) is 8.54. The molecule has 0 saturated carbocycles. The summed E-state index contributed by atoms with van der Waals surface area (Å²) >= 11 is 5.86. The Bertz CT molecular complexity index is 450. The molecular formula is C10H11ClN2O. The quantitative estimate of drug-likeness (QED) is 0.798. The van der Waals surface area contributed by atoms with Crippen molar-refractivity contribution in [1.29, 1.82) is 0 Å². The van der Waals surface area contributed by atoms with Gasteiger partial charge < -0.3 is 5.11 Å². The van der Waals surface area contributed by atoms with E-state index in [1.807, 2.05) is 18.2 Å². The van der Waals surface area contributed by atoms with E-state index in [0.717, 1.165) is 16.5 Å². The van der Waals surface area contributed by atoms with Gasteiger partial charge in [0, 0.05) is 5.39 Å². The van der Waals surface area contributed by atoms with Gasteiger partial charge >= 0.3 is 0 Å². The number of halogens is 1. The Morgan fingerprint density at radius 3 is 3.07 bits per heavy atom. The molecule has 74 valence electrons. The lowest BCUT2D eigenvalue weighted by Crippen LogP contribution is -2.03. The summed E-state index contributed by atoms with van der Waals surface area (Å²) in [5, 5.41) is 17.5. The SMILES string of the molecule is CC(O)Cc1ccc2c(Cl)[nH]nc2c1. The summed E-state index contributed by atoms with van der Waals surface area (Å²) in [5.41, 5.74) is 1.91. The average molecular weight is 211 g/mol. The van der Waals surface area contributed by atoms with Crippen molar-refractivity contribution in [2.75, 3.05) is 0 Å². The van der Waals surface area contributed by atoms with E-state index in [4.69, 9.17) is 11.6 Å². The zero-order valence-electron chi connectivity index (χ0n) is 7.79. The Hall–Kier alpha value is -1.06. The van der Waals surface area contributed by atoms with Crippen molar-refractivity contribution in [3.8, 4) is 0 Å². The molecule has 1 aromatic carbocycles. The number of rotatable bonds is 2. The van der Waals surface area contributed by atoms with Gasteiger partial charge in [0.15, 0.2) is 0 Å². The maximum absolute atomic E-state index is 9.23. The monoisotopic (exact) mass is 210 g/mol. The number of nitrogens with one attached hydrogen (secondary N) is 1. The number of H-pyrrole nitrogens is 1. The third-order valence-corrected chi connectivity index (χ3v) is 2.39. The highest BCUT2D eigenvalue weighted by molar-refractivity contribution is 6.34. The van der Waals surface area contributed by atoms with Crippen LogP contribution in [0.25, 0.3) is 10.9 Å². The highest BCUT2D eigenvalue weighted by atomic mass is 35.5. The number of hydrogen-bond acceptors (Lipinski definition) is 2. The van der Waals surface area contributed by atoms with Crippen molar-refractivity contribution in [3.05, 3.63) is 28.9 Å². The van der Waals surface area contributed by atoms with Crippen LogP contribution in [-0.4, -0.2) is 21.4 Å². The smallest absolute Gasteiger partial charge is 0.132 e. The van der Waals surface area contributed by atoms with E-state index in [9.17, 15) is 5.11 Å². The minimum Gasteiger partial charge on any atom is -0.393 e. The van der Waals surface area contributed by atoms with Gasteiger partial charge in [0.25, 0.3) is 0 Å². The van der Waals surface area contributed by atoms with E-state index in [1.165, 1.54) is 0 Å². The molecule has 2 rings (SSSR count). The number of aromatic nitrogens is 2. The molecule has 2 N–H and O–H groups in total. The summed E-state index contributed by atoms with van der Waals surface area (Å²) < 4.78 is 0. The standard InChI is InChI=1S/C10H11ClN2O/c1-6(14)4-7-2-3-8-9(5-7)12-13-10(8)11/h2-3,5-6,14H,4H2,1H3,(H,12,13). The number of hydrogen-bond donors (Lipinski definition) is 2. The molecule has 1 aromatic heterocycles. The van der Waals surface area contributed by atoms with Crippen LogP contribution in [0.2, 0.25) is 5.15 Å². The summed E-state index contributed by atoms with van der Waals surface area (Å²) in [5.74, 6) is 0. The van der Waals surface area contributed by atoms with Gasteiger partial charge in [0.05, 0.1) is 11.6 Å². The molecule has 1 heterocycles. The summed E-state index contributed by atoms with van der Waals surface area (Å²) in [6, 6.07) is 5.81. The maximum Gasteiger partial charge on any atom is 0.132 e. The van der Waals surface area contributed by atoms with Crippen LogP contribution in [0.3, 0.4) is 0 Å². The molecule has 0 aliphatic rings. The molecule has 2 aromatic rings. The van der Waals surface area contributed by atoms with E-state index < -0.39 is 0 Å². The van der Waals surface area contributed by atoms with Crippen molar-refractivity contribution in [2.24, 2.45) is 0 Å². The second kappa shape index (κ2) is 3.59. The van der Waals surface area contributed by atoms with Crippen LogP contribution in [-0.2, 0) is 6.42 Å². The molecule has 4 heteroatoms. The van der Waals surface area contributed by atoms with Gasteiger partial charge in [-0.1, -0.05) is 17.7 Å². The number of nitrogens with zero attached hydrogens (tertiary/aromatic N) is 1.